The highest BCUT2D eigenvalue weighted by Crippen LogP contribution is 1.88. The molecule has 2 atom stereocenters. The van der Waals surface area contributed by atoms with E-state index in [1.807, 2.05) is 0 Å². The molecule has 2 unspecified atom stereocenters. The van der Waals surface area contributed by atoms with E-state index < -0.39 is 35.1 Å². The van der Waals surface area contributed by atoms with Crippen LogP contribution in [-0.2, 0) is 20.4 Å². The minimum absolute atomic E-state index is 0.257. The SMILES string of the molecule is CCS(=O)CCNC(=O)C(N)CC(=O)O. The predicted octanol–water partition coefficient (Wildman–Crippen LogP) is -1.33. The van der Waals surface area contributed by atoms with E-state index in [1.54, 1.807) is 6.92 Å². The summed E-state index contributed by atoms with van der Waals surface area (Å²) >= 11 is 0. The van der Waals surface area contributed by atoms with Crippen molar-refractivity contribution in [3.05, 3.63) is 0 Å². The second-order valence-corrected chi connectivity index (χ2v) is 4.79. The van der Waals surface area contributed by atoms with Crippen LogP contribution in [0.2, 0.25) is 0 Å². The van der Waals surface area contributed by atoms with Crippen LogP contribution in [0.5, 0.6) is 0 Å². The lowest BCUT2D eigenvalue weighted by Gasteiger charge is -2.09. The fraction of sp³-hybridized carbons (Fsp3) is 0.750. The van der Waals surface area contributed by atoms with Gasteiger partial charge in [0.15, 0.2) is 0 Å². The lowest BCUT2D eigenvalue weighted by Crippen LogP contribution is -2.43. The fourth-order valence-electron chi connectivity index (χ4n) is 0.844. The second kappa shape index (κ2) is 7.36. The minimum atomic E-state index is -1.12. The third kappa shape index (κ3) is 7.03. The number of carbonyl (C=O) groups excluding carboxylic acids is 1. The smallest absolute Gasteiger partial charge is 0.305 e. The van der Waals surface area contributed by atoms with Crippen LogP contribution >= 0.6 is 0 Å². The molecule has 0 aromatic carbocycles. The summed E-state index contributed by atoms with van der Waals surface area (Å²) in [6, 6.07) is -1.04. The average Bonchev–Trinajstić information content (AvgIpc) is 2.16. The van der Waals surface area contributed by atoms with Crippen LogP contribution in [0.25, 0.3) is 0 Å². The van der Waals surface area contributed by atoms with Crippen molar-refractivity contribution in [2.24, 2.45) is 5.73 Å². The Morgan fingerprint density at radius 2 is 2.13 bits per heavy atom. The van der Waals surface area contributed by atoms with E-state index in [-0.39, 0.29) is 6.54 Å². The van der Waals surface area contributed by atoms with Crippen LogP contribution in [0.4, 0.5) is 0 Å². The molecule has 4 N–H and O–H groups in total. The van der Waals surface area contributed by atoms with Crippen molar-refractivity contribution in [1.29, 1.82) is 0 Å². The number of amides is 1. The van der Waals surface area contributed by atoms with E-state index in [1.165, 1.54) is 0 Å². The Bertz CT molecular complexity index is 257. The quantitative estimate of drug-likeness (QED) is 0.507. The lowest BCUT2D eigenvalue weighted by molar-refractivity contribution is -0.139. The van der Waals surface area contributed by atoms with Gasteiger partial charge in [-0.15, -0.1) is 0 Å². The van der Waals surface area contributed by atoms with Gasteiger partial charge in [0.25, 0.3) is 0 Å². The average molecular weight is 236 g/mol. The van der Waals surface area contributed by atoms with E-state index in [9.17, 15) is 13.8 Å². The largest absolute Gasteiger partial charge is 0.481 e. The Morgan fingerprint density at radius 3 is 2.60 bits per heavy atom. The van der Waals surface area contributed by atoms with Crippen LogP contribution < -0.4 is 11.1 Å². The number of nitrogens with two attached hydrogens (primary N) is 1. The van der Waals surface area contributed by atoms with Crippen molar-refractivity contribution in [2.75, 3.05) is 18.1 Å². The summed E-state index contributed by atoms with van der Waals surface area (Å²) < 4.78 is 11.0. The summed E-state index contributed by atoms with van der Waals surface area (Å²) in [7, 11) is -0.939. The molecule has 0 saturated carbocycles. The summed E-state index contributed by atoms with van der Waals surface area (Å²) in [4.78, 5) is 21.4. The molecule has 7 heteroatoms. The first-order chi connectivity index (χ1) is 6.97. The molecular formula is C8H16N2O4S. The maximum atomic E-state index is 11.1. The van der Waals surface area contributed by atoms with Gasteiger partial charge in [-0.05, 0) is 0 Å². The first-order valence-corrected chi connectivity index (χ1v) is 6.06. The first kappa shape index (κ1) is 14.1. The van der Waals surface area contributed by atoms with Gasteiger partial charge < -0.3 is 16.2 Å². The molecule has 6 nitrogen and oxygen atoms in total. The van der Waals surface area contributed by atoms with Gasteiger partial charge >= 0.3 is 5.97 Å². The van der Waals surface area contributed by atoms with Gasteiger partial charge in [-0.2, -0.15) is 0 Å². The van der Waals surface area contributed by atoms with Gasteiger partial charge in [-0.25, -0.2) is 0 Å². The fourth-order valence-corrected chi connectivity index (χ4v) is 1.46. The molecule has 0 spiro atoms. The highest BCUT2D eigenvalue weighted by Gasteiger charge is 2.16. The number of hydrogen-bond donors (Lipinski definition) is 3. The molecule has 0 saturated heterocycles. The van der Waals surface area contributed by atoms with Gasteiger partial charge in [0.05, 0.1) is 12.5 Å². The maximum Gasteiger partial charge on any atom is 0.305 e. The highest BCUT2D eigenvalue weighted by molar-refractivity contribution is 7.84. The van der Waals surface area contributed by atoms with Crippen molar-refractivity contribution < 1.29 is 18.9 Å². The number of aliphatic carboxylic acids is 1. The standard InChI is InChI=1S/C8H16N2O4S/c1-2-15(14)4-3-10-8(13)6(9)5-7(11)12/h6H,2-5,9H2,1H3,(H,10,13)(H,11,12). The molecule has 0 aliphatic carbocycles. The highest BCUT2D eigenvalue weighted by atomic mass is 32.2. The van der Waals surface area contributed by atoms with Gasteiger partial charge in [-0.1, -0.05) is 6.92 Å². The van der Waals surface area contributed by atoms with E-state index in [0.29, 0.717) is 11.5 Å². The molecule has 0 bridgehead atoms. The molecular weight excluding hydrogens is 220 g/mol. The van der Waals surface area contributed by atoms with Crippen molar-refractivity contribution in [3.8, 4) is 0 Å². The zero-order valence-corrected chi connectivity index (χ0v) is 9.38. The molecule has 0 rings (SSSR count). The number of carboxylic acids is 1. The molecule has 88 valence electrons. The predicted molar refractivity (Wildman–Crippen MR) is 56.8 cm³/mol. The number of hydrogen-bond acceptors (Lipinski definition) is 4. The van der Waals surface area contributed by atoms with Crippen LogP contribution in [-0.4, -0.2) is 45.3 Å². The molecule has 0 aliphatic heterocycles. The van der Waals surface area contributed by atoms with Crippen LogP contribution in [0, 0.1) is 0 Å². The van der Waals surface area contributed by atoms with Gasteiger partial charge in [0, 0.05) is 28.9 Å². The van der Waals surface area contributed by atoms with Crippen molar-refractivity contribution >= 4 is 22.7 Å². The summed E-state index contributed by atoms with van der Waals surface area (Å²) in [5, 5.41) is 10.8. The molecule has 0 aromatic heterocycles. The number of nitrogens with one attached hydrogen (secondary N) is 1. The van der Waals surface area contributed by atoms with Crippen LogP contribution in [0.15, 0.2) is 0 Å². The molecule has 0 aromatic rings. The number of carbonyl (C=O) groups is 2. The Balaban J connectivity index is 3.73. The van der Waals surface area contributed by atoms with E-state index in [4.69, 9.17) is 10.8 Å². The molecule has 1 amide bonds. The topological polar surface area (TPSA) is 109 Å². The van der Waals surface area contributed by atoms with Crippen molar-refractivity contribution in [1.82, 2.24) is 5.32 Å². The number of carboxylic acid groups (broad SMARTS) is 1. The molecule has 15 heavy (non-hydrogen) atoms. The van der Waals surface area contributed by atoms with Crippen molar-refractivity contribution in [3.63, 3.8) is 0 Å². The van der Waals surface area contributed by atoms with Gasteiger partial charge in [-0.3, -0.25) is 13.8 Å². The summed E-state index contributed by atoms with van der Waals surface area (Å²) in [6.07, 6.45) is -0.400. The summed E-state index contributed by atoms with van der Waals surface area (Å²) in [5.41, 5.74) is 5.30. The second-order valence-electron chi connectivity index (χ2n) is 2.93. The number of rotatable bonds is 7. The third-order valence-corrected chi connectivity index (χ3v) is 2.99. The Hall–Kier alpha value is -0.950. The first-order valence-electron chi connectivity index (χ1n) is 4.57. The molecule has 0 heterocycles. The monoisotopic (exact) mass is 236 g/mol. The lowest BCUT2D eigenvalue weighted by atomic mass is 10.2. The zero-order valence-electron chi connectivity index (χ0n) is 8.56. The van der Waals surface area contributed by atoms with Crippen LogP contribution in [0.1, 0.15) is 13.3 Å². The van der Waals surface area contributed by atoms with E-state index >= 15 is 0 Å². The minimum Gasteiger partial charge on any atom is -0.481 e. The van der Waals surface area contributed by atoms with E-state index in [0.717, 1.165) is 0 Å². The van der Waals surface area contributed by atoms with Crippen LogP contribution in [0.3, 0.4) is 0 Å². The van der Waals surface area contributed by atoms with Gasteiger partial charge in [0.2, 0.25) is 5.91 Å². The van der Waals surface area contributed by atoms with E-state index in [2.05, 4.69) is 5.32 Å². The van der Waals surface area contributed by atoms with Gasteiger partial charge in [0.1, 0.15) is 0 Å². The maximum absolute atomic E-state index is 11.1. The molecule has 0 fully saturated rings. The third-order valence-electron chi connectivity index (χ3n) is 1.68. The normalized spacial score (nSPS) is 14.3. The zero-order chi connectivity index (χ0) is 11.8. The summed E-state index contributed by atoms with van der Waals surface area (Å²) in [6.45, 7) is 2.04. The molecule has 0 radical (unpaired) electrons. The Labute approximate surface area is 90.7 Å². The molecule has 0 aliphatic rings. The van der Waals surface area contributed by atoms with Crippen molar-refractivity contribution in [2.45, 2.75) is 19.4 Å². The Morgan fingerprint density at radius 1 is 1.53 bits per heavy atom. The Kier molecular flexibility index (Phi) is 6.89. The summed E-state index contributed by atoms with van der Waals surface area (Å²) in [5.74, 6) is -0.737.